The molecule has 0 unspecified atom stereocenters. The number of anilines is 2. The van der Waals surface area contributed by atoms with Crippen LogP contribution in [0.3, 0.4) is 0 Å². The lowest BCUT2D eigenvalue weighted by Crippen LogP contribution is -2.11. The lowest BCUT2D eigenvalue weighted by atomic mass is 10.2. The molecule has 0 aliphatic rings. The van der Waals surface area contributed by atoms with E-state index in [-0.39, 0.29) is 40.3 Å². The Labute approximate surface area is 285 Å². The van der Waals surface area contributed by atoms with Gasteiger partial charge in [0.05, 0.1) is 36.5 Å². The maximum Gasteiger partial charge on any atom is 0.343 e. The van der Waals surface area contributed by atoms with Crippen molar-refractivity contribution in [3.8, 4) is 11.8 Å². The molecule has 5 rings (SSSR count). The maximum atomic E-state index is 12.2. The highest BCUT2D eigenvalue weighted by Gasteiger charge is 2.23. The van der Waals surface area contributed by atoms with Gasteiger partial charge in [-0.1, -0.05) is 26.7 Å². The predicted octanol–water partition coefficient (Wildman–Crippen LogP) is 3.96. The van der Waals surface area contributed by atoms with Gasteiger partial charge in [0.15, 0.2) is 46.2 Å². The predicted molar refractivity (Wildman–Crippen MR) is 180 cm³/mol. The van der Waals surface area contributed by atoms with Gasteiger partial charge >= 0.3 is 5.97 Å². The van der Waals surface area contributed by atoms with Crippen LogP contribution in [0, 0.1) is 0 Å². The number of carbonyl (C=O) groups is 2. The molecule has 20 nitrogen and oxygen atoms in total. The normalized spacial score (nSPS) is 11.7. The van der Waals surface area contributed by atoms with Gasteiger partial charge in [-0.15, -0.1) is 20.5 Å². The molecule has 50 heavy (non-hydrogen) atoms. The number of ether oxygens (including phenoxy) is 1. The van der Waals surface area contributed by atoms with Crippen LogP contribution in [0.2, 0.25) is 0 Å². The summed E-state index contributed by atoms with van der Waals surface area (Å²) in [6.45, 7) is 3.40. The minimum absolute atomic E-state index is 0.116. The first-order chi connectivity index (χ1) is 24.1. The fraction of sp³-hybridized carbons (Fsp3) is 0.400. The van der Waals surface area contributed by atoms with E-state index in [0.717, 1.165) is 25.7 Å². The molecule has 0 aliphatic heterocycles. The van der Waals surface area contributed by atoms with E-state index in [1.807, 2.05) is 13.8 Å². The molecular weight excluding hydrogens is 648 g/mol. The number of aliphatic hydroxyl groups is 1. The van der Waals surface area contributed by atoms with Crippen LogP contribution in [-0.4, -0.2) is 79.7 Å². The van der Waals surface area contributed by atoms with E-state index < -0.39 is 18.4 Å². The summed E-state index contributed by atoms with van der Waals surface area (Å²) in [7, 11) is 4.50. The minimum Gasteiger partial charge on any atom is -0.465 e. The van der Waals surface area contributed by atoms with Crippen molar-refractivity contribution in [2.24, 2.45) is 34.6 Å². The summed E-state index contributed by atoms with van der Waals surface area (Å²) in [6, 6.07) is 1.62. The van der Waals surface area contributed by atoms with E-state index >= 15 is 0 Å². The van der Waals surface area contributed by atoms with Crippen LogP contribution in [-0.2, 0) is 31.7 Å². The molecule has 262 valence electrons. The number of hydrogen-bond acceptors (Lipinski definition) is 16. The molecule has 5 aromatic heterocycles. The third-order valence-corrected chi connectivity index (χ3v) is 7.65. The van der Waals surface area contributed by atoms with Gasteiger partial charge in [0.25, 0.3) is 5.95 Å². The average molecular weight is 687 g/mol. The fourth-order valence-electron chi connectivity index (χ4n) is 4.90. The first-order valence-electron chi connectivity index (χ1n) is 15.8. The van der Waals surface area contributed by atoms with E-state index in [9.17, 15) is 14.7 Å². The van der Waals surface area contributed by atoms with Crippen LogP contribution in [0.4, 0.5) is 34.6 Å². The fourth-order valence-corrected chi connectivity index (χ4v) is 4.90. The summed E-state index contributed by atoms with van der Waals surface area (Å²) in [5.41, 5.74) is 15.2. The van der Waals surface area contributed by atoms with E-state index in [0.29, 0.717) is 41.4 Å². The zero-order valence-electron chi connectivity index (χ0n) is 28.3. The largest absolute Gasteiger partial charge is 0.465 e. The second-order valence-corrected chi connectivity index (χ2v) is 11.1. The lowest BCUT2D eigenvalue weighted by Gasteiger charge is -2.06. The number of nitrogens with two attached hydrogens (primary N) is 2. The number of aliphatic hydroxyl groups excluding tert-OH is 1. The van der Waals surface area contributed by atoms with Gasteiger partial charge in [-0.2, -0.15) is 34.7 Å². The number of azo groups is 2. The van der Waals surface area contributed by atoms with Crippen LogP contribution in [0.5, 0.6) is 0 Å². The quantitative estimate of drug-likeness (QED) is 0.0803. The van der Waals surface area contributed by atoms with E-state index in [4.69, 9.17) is 21.3 Å². The summed E-state index contributed by atoms with van der Waals surface area (Å²) in [4.78, 5) is 33.5. The Morgan fingerprint density at radius 3 is 1.94 bits per heavy atom. The molecule has 0 atom stereocenters. The molecule has 0 aromatic carbocycles. The van der Waals surface area contributed by atoms with Gasteiger partial charge in [-0.25, -0.2) is 19.1 Å². The smallest absolute Gasteiger partial charge is 0.343 e. The van der Waals surface area contributed by atoms with Crippen molar-refractivity contribution in [1.29, 1.82) is 0 Å². The standard InChI is InChI=1S/C30H38N16O4/c1-6-8-10-19-23(37-39-27-17(21(48)16-47)14-34-43(27)3)25(31)45(41-19)22-12-13-33-30(36-22)46-26(32)24(20(42-46)11-9-7-2)38-40-28-18(29(49)50-5)15-35-44(28)4/h12-15,47H,6-11,16,31-32H2,1-5H3. The molecule has 0 fully saturated rings. The molecule has 5 heterocycles. The zero-order chi connectivity index (χ0) is 35.9. The van der Waals surface area contributed by atoms with Gasteiger partial charge in [0.2, 0.25) is 0 Å². The summed E-state index contributed by atoms with van der Waals surface area (Å²) < 4.78 is 10.4. The zero-order valence-corrected chi connectivity index (χ0v) is 28.3. The molecule has 5 aromatic rings. The number of nitrogens with zero attached hydrogens (tertiary/aromatic N) is 14. The van der Waals surface area contributed by atoms with Gasteiger partial charge in [-0.05, 0) is 25.7 Å². The van der Waals surface area contributed by atoms with Crippen LogP contribution >= 0.6 is 0 Å². The second-order valence-electron chi connectivity index (χ2n) is 11.1. The summed E-state index contributed by atoms with van der Waals surface area (Å²) in [5.74, 6) is -0.123. The topological polar surface area (TPSA) is 262 Å². The van der Waals surface area contributed by atoms with Crippen LogP contribution in [0.15, 0.2) is 45.1 Å². The van der Waals surface area contributed by atoms with Crippen LogP contribution in [0.1, 0.15) is 71.6 Å². The number of esters is 1. The number of unbranched alkanes of at least 4 members (excludes halogenated alkanes) is 2. The van der Waals surface area contributed by atoms with Gasteiger partial charge in [-0.3, -0.25) is 4.79 Å². The highest BCUT2D eigenvalue weighted by atomic mass is 16.5. The first kappa shape index (κ1) is 35.1. The summed E-state index contributed by atoms with van der Waals surface area (Å²) in [6.07, 6.45) is 8.65. The number of carbonyl (C=O) groups excluding carboxylic acids is 2. The third-order valence-electron chi connectivity index (χ3n) is 7.65. The van der Waals surface area contributed by atoms with Crippen molar-refractivity contribution >= 4 is 46.4 Å². The molecule has 0 saturated heterocycles. The Morgan fingerprint density at radius 1 is 0.840 bits per heavy atom. The monoisotopic (exact) mass is 686 g/mol. The van der Waals surface area contributed by atoms with E-state index in [1.54, 1.807) is 20.2 Å². The molecule has 0 amide bonds. The van der Waals surface area contributed by atoms with Crippen molar-refractivity contribution in [2.75, 3.05) is 25.2 Å². The average Bonchev–Trinajstić information content (AvgIpc) is 3.86. The molecule has 0 spiro atoms. The molecule has 0 radical (unpaired) electrons. The molecule has 0 saturated carbocycles. The number of rotatable bonds is 15. The number of Topliss-reactive ketones (excluding diaryl/α,β-unsaturated/α-hetero) is 1. The van der Waals surface area contributed by atoms with E-state index in [1.165, 1.54) is 44.4 Å². The molecule has 5 N–H and O–H groups in total. The molecule has 0 bridgehead atoms. The molecule has 20 heteroatoms. The van der Waals surface area contributed by atoms with Gasteiger partial charge < -0.3 is 21.3 Å². The third kappa shape index (κ3) is 6.99. The maximum absolute atomic E-state index is 12.2. The summed E-state index contributed by atoms with van der Waals surface area (Å²) >= 11 is 0. The number of ketones is 1. The Kier molecular flexibility index (Phi) is 10.8. The number of hydrogen-bond donors (Lipinski definition) is 3. The molecule has 0 aliphatic carbocycles. The van der Waals surface area contributed by atoms with Gasteiger partial charge in [0, 0.05) is 26.4 Å². The lowest BCUT2D eigenvalue weighted by molar-refractivity contribution is 0.0601. The Bertz CT molecular complexity index is 1930. The van der Waals surface area contributed by atoms with Crippen molar-refractivity contribution in [2.45, 2.75) is 52.4 Å². The van der Waals surface area contributed by atoms with Gasteiger partial charge in [0.1, 0.15) is 12.2 Å². The van der Waals surface area contributed by atoms with Crippen molar-refractivity contribution in [3.05, 3.63) is 47.2 Å². The first-order valence-corrected chi connectivity index (χ1v) is 15.8. The van der Waals surface area contributed by atoms with E-state index in [2.05, 4.69) is 45.7 Å². The van der Waals surface area contributed by atoms with Crippen LogP contribution < -0.4 is 11.5 Å². The summed E-state index contributed by atoms with van der Waals surface area (Å²) in [5, 5.41) is 44.2. The molecular formula is C30H38N16O4. The van der Waals surface area contributed by atoms with Crippen molar-refractivity contribution < 1.29 is 19.4 Å². The van der Waals surface area contributed by atoms with Crippen LogP contribution in [0.25, 0.3) is 11.8 Å². The number of methoxy groups -OCH3 is 1. The Morgan fingerprint density at radius 2 is 1.38 bits per heavy atom. The number of aromatic nitrogens is 10. The highest BCUT2D eigenvalue weighted by Crippen LogP contribution is 2.34. The second kappa shape index (κ2) is 15.4. The highest BCUT2D eigenvalue weighted by molar-refractivity contribution is 6.00. The minimum atomic E-state index is -0.696. The van der Waals surface area contributed by atoms with Crippen molar-refractivity contribution in [1.82, 2.24) is 49.1 Å². The SMILES string of the molecule is CCCCc1nn(-c2ccnc(-n3nc(CCCC)c(N=Nc4c(C(=O)OC)cnn4C)c3N)n2)c(N)c1N=Nc1c(C(=O)CO)cnn1C. The number of aryl methyl sites for hydroxylation is 4. The number of nitrogen functional groups attached to an aromatic ring is 2. The Hall–Kier alpha value is -6.18. The Balaban J connectivity index is 1.55. The van der Waals surface area contributed by atoms with Crippen molar-refractivity contribution in [3.63, 3.8) is 0 Å².